The summed E-state index contributed by atoms with van der Waals surface area (Å²) in [6.07, 6.45) is 1.63. The minimum atomic E-state index is 0.743. The number of hydrogen-bond donors (Lipinski definition) is 2. The minimum Gasteiger partial charge on any atom is -0.461 e. The van der Waals surface area contributed by atoms with Crippen LogP contribution in [0, 0.1) is 0 Å². The smallest absolute Gasteiger partial charge is 0.174 e. The van der Waals surface area contributed by atoms with Crippen molar-refractivity contribution >= 4 is 23.7 Å². The van der Waals surface area contributed by atoms with Crippen LogP contribution in [-0.2, 0) is 0 Å². The Morgan fingerprint density at radius 2 is 2.20 bits per heavy atom. The van der Waals surface area contributed by atoms with Crippen LogP contribution in [0.2, 0.25) is 0 Å². The summed E-state index contributed by atoms with van der Waals surface area (Å²) in [5, 5.41) is 0. The number of nitrogens with zero attached hydrogens (tertiary/aromatic N) is 1. The van der Waals surface area contributed by atoms with Gasteiger partial charge in [0, 0.05) is 4.90 Å². The molecule has 0 atom stereocenters. The zero-order chi connectivity index (χ0) is 10.3. The molecule has 2 aromatic heterocycles. The summed E-state index contributed by atoms with van der Waals surface area (Å²) in [5.74, 6) is 1.49. The molecule has 74 valence electrons. The van der Waals surface area contributed by atoms with Crippen molar-refractivity contribution in [2.24, 2.45) is 0 Å². The molecule has 0 spiro atoms. The van der Waals surface area contributed by atoms with E-state index in [-0.39, 0.29) is 0 Å². The van der Waals surface area contributed by atoms with Gasteiger partial charge in [-0.1, -0.05) is 0 Å². The first-order valence-corrected chi connectivity index (χ1v) is 5.00. The number of H-pyrrole nitrogens is 1. The molecule has 3 nitrogen and oxygen atoms in total. The van der Waals surface area contributed by atoms with E-state index in [1.54, 1.807) is 6.26 Å². The number of aromatic nitrogens is 2. The highest BCUT2D eigenvalue weighted by Crippen LogP contribution is 2.22. The van der Waals surface area contributed by atoms with Crippen LogP contribution in [0.3, 0.4) is 0 Å². The Bertz CT molecular complexity index is 598. The van der Waals surface area contributed by atoms with Gasteiger partial charge in [-0.05, 0) is 30.3 Å². The van der Waals surface area contributed by atoms with E-state index >= 15 is 0 Å². The number of nitrogens with one attached hydrogen (secondary N) is 1. The number of furan rings is 1. The molecule has 0 saturated heterocycles. The molecule has 0 aliphatic carbocycles. The molecular weight excluding hydrogens is 208 g/mol. The lowest BCUT2D eigenvalue weighted by Crippen LogP contribution is -1.73. The molecular formula is C11H8N2OS. The fraction of sp³-hybridized carbons (Fsp3) is 0. The van der Waals surface area contributed by atoms with E-state index in [1.165, 1.54) is 0 Å². The highest BCUT2D eigenvalue weighted by atomic mass is 32.1. The van der Waals surface area contributed by atoms with Crippen molar-refractivity contribution in [2.75, 3.05) is 0 Å². The maximum Gasteiger partial charge on any atom is 0.174 e. The summed E-state index contributed by atoms with van der Waals surface area (Å²) in [7, 11) is 0. The lowest BCUT2D eigenvalue weighted by Gasteiger charge is -1.88. The molecule has 1 N–H and O–H groups in total. The van der Waals surface area contributed by atoms with Gasteiger partial charge in [-0.2, -0.15) is 0 Å². The standard InChI is InChI=1S/C11H8N2OS/c15-7-3-4-8-9(6-7)13-11(12-8)10-2-1-5-14-10/h1-6,15H,(H,12,13). The Hall–Kier alpha value is -1.68. The van der Waals surface area contributed by atoms with Crippen LogP contribution in [0.5, 0.6) is 0 Å². The van der Waals surface area contributed by atoms with Gasteiger partial charge >= 0.3 is 0 Å². The number of rotatable bonds is 1. The highest BCUT2D eigenvalue weighted by molar-refractivity contribution is 7.80. The van der Waals surface area contributed by atoms with Gasteiger partial charge in [-0.25, -0.2) is 4.98 Å². The second-order valence-electron chi connectivity index (χ2n) is 3.26. The second kappa shape index (κ2) is 3.17. The Morgan fingerprint density at radius 1 is 1.27 bits per heavy atom. The van der Waals surface area contributed by atoms with E-state index in [0.717, 1.165) is 27.5 Å². The molecule has 0 aliphatic heterocycles. The van der Waals surface area contributed by atoms with Crippen LogP contribution in [0.25, 0.3) is 22.6 Å². The molecule has 0 unspecified atom stereocenters. The van der Waals surface area contributed by atoms with Gasteiger partial charge in [0.1, 0.15) is 0 Å². The van der Waals surface area contributed by atoms with Gasteiger partial charge in [0.05, 0.1) is 17.3 Å². The van der Waals surface area contributed by atoms with Crippen LogP contribution in [0.4, 0.5) is 0 Å². The normalized spacial score (nSPS) is 11.0. The number of hydrogen-bond acceptors (Lipinski definition) is 3. The lowest BCUT2D eigenvalue weighted by molar-refractivity contribution is 0.578. The van der Waals surface area contributed by atoms with Crippen molar-refractivity contribution in [3.63, 3.8) is 0 Å². The Balaban J connectivity index is 2.22. The summed E-state index contributed by atoms with van der Waals surface area (Å²) >= 11 is 4.27. The van der Waals surface area contributed by atoms with Crippen molar-refractivity contribution in [3.05, 3.63) is 36.6 Å². The molecule has 1 aromatic carbocycles. The topological polar surface area (TPSA) is 41.8 Å². The molecule has 0 saturated carbocycles. The van der Waals surface area contributed by atoms with Crippen molar-refractivity contribution in [3.8, 4) is 11.6 Å². The van der Waals surface area contributed by atoms with Gasteiger partial charge in [0.2, 0.25) is 0 Å². The number of fused-ring (bicyclic) bond motifs is 1. The van der Waals surface area contributed by atoms with Gasteiger partial charge in [-0.3, -0.25) is 0 Å². The van der Waals surface area contributed by atoms with Gasteiger partial charge in [0.25, 0.3) is 0 Å². The van der Waals surface area contributed by atoms with Crippen molar-refractivity contribution in [1.82, 2.24) is 9.97 Å². The fourth-order valence-corrected chi connectivity index (χ4v) is 1.73. The Morgan fingerprint density at radius 3 is 3.00 bits per heavy atom. The third-order valence-corrected chi connectivity index (χ3v) is 2.50. The predicted octanol–water partition coefficient (Wildman–Crippen LogP) is 3.11. The third-order valence-electron chi connectivity index (χ3n) is 2.22. The van der Waals surface area contributed by atoms with Crippen LogP contribution in [0.1, 0.15) is 0 Å². The van der Waals surface area contributed by atoms with Crippen molar-refractivity contribution in [2.45, 2.75) is 4.90 Å². The van der Waals surface area contributed by atoms with Gasteiger partial charge in [0.15, 0.2) is 11.6 Å². The largest absolute Gasteiger partial charge is 0.461 e. The van der Waals surface area contributed by atoms with E-state index in [1.807, 2.05) is 30.3 Å². The number of thiol groups is 1. The second-order valence-corrected chi connectivity index (χ2v) is 3.78. The van der Waals surface area contributed by atoms with E-state index in [0.29, 0.717) is 0 Å². The summed E-state index contributed by atoms with van der Waals surface area (Å²) in [4.78, 5) is 8.51. The van der Waals surface area contributed by atoms with Crippen molar-refractivity contribution in [1.29, 1.82) is 0 Å². The molecule has 0 amide bonds. The predicted molar refractivity (Wildman–Crippen MR) is 61.0 cm³/mol. The lowest BCUT2D eigenvalue weighted by atomic mass is 10.3. The molecule has 0 aliphatic rings. The molecule has 15 heavy (non-hydrogen) atoms. The average Bonchev–Trinajstić information content (AvgIpc) is 2.84. The first kappa shape index (κ1) is 8.61. The average molecular weight is 216 g/mol. The fourth-order valence-electron chi connectivity index (χ4n) is 1.53. The van der Waals surface area contributed by atoms with Crippen LogP contribution in [0.15, 0.2) is 45.9 Å². The molecule has 2 heterocycles. The summed E-state index contributed by atoms with van der Waals surface area (Å²) in [6.45, 7) is 0. The van der Waals surface area contributed by atoms with Crippen molar-refractivity contribution < 1.29 is 4.42 Å². The summed E-state index contributed by atoms with van der Waals surface area (Å²) < 4.78 is 5.27. The Kier molecular flexibility index (Phi) is 1.82. The summed E-state index contributed by atoms with van der Waals surface area (Å²) in [5.41, 5.74) is 1.88. The van der Waals surface area contributed by atoms with Gasteiger partial charge in [-0.15, -0.1) is 12.6 Å². The number of benzene rings is 1. The zero-order valence-electron chi connectivity index (χ0n) is 7.77. The molecule has 0 fully saturated rings. The van der Waals surface area contributed by atoms with Crippen LogP contribution >= 0.6 is 12.6 Å². The Labute approximate surface area is 91.5 Å². The van der Waals surface area contributed by atoms with Crippen LogP contribution in [-0.4, -0.2) is 9.97 Å². The minimum absolute atomic E-state index is 0.743. The van der Waals surface area contributed by atoms with E-state index in [9.17, 15) is 0 Å². The van der Waals surface area contributed by atoms with E-state index in [4.69, 9.17) is 4.42 Å². The molecule has 0 radical (unpaired) electrons. The molecule has 0 bridgehead atoms. The summed E-state index contributed by atoms with van der Waals surface area (Å²) in [6, 6.07) is 9.50. The molecule has 3 rings (SSSR count). The third kappa shape index (κ3) is 1.43. The quantitative estimate of drug-likeness (QED) is 0.614. The first-order valence-electron chi connectivity index (χ1n) is 4.55. The molecule has 3 aromatic rings. The first-order chi connectivity index (χ1) is 7.33. The number of aromatic amines is 1. The van der Waals surface area contributed by atoms with Crippen LogP contribution < -0.4 is 0 Å². The maximum absolute atomic E-state index is 5.27. The zero-order valence-corrected chi connectivity index (χ0v) is 8.66. The van der Waals surface area contributed by atoms with E-state index < -0.39 is 0 Å². The van der Waals surface area contributed by atoms with Gasteiger partial charge < -0.3 is 9.40 Å². The van der Waals surface area contributed by atoms with E-state index in [2.05, 4.69) is 22.6 Å². The number of imidazole rings is 1. The molecule has 4 heteroatoms. The highest BCUT2D eigenvalue weighted by Gasteiger charge is 2.06. The monoisotopic (exact) mass is 216 g/mol. The maximum atomic E-state index is 5.27. The SMILES string of the molecule is Sc1ccc2nc(-c3ccco3)[nH]c2c1.